The topological polar surface area (TPSA) is 92.0 Å². The summed E-state index contributed by atoms with van der Waals surface area (Å²) in [6.07, 6.45) is 0. The molecule has 0 unspecified atom stereocenters. The molecule has 3 aromatic rings. The highest BCUT2D eigenvalue weighted by Gasteiger charge is 2.21. The third-order valence-corrected chi connectivity index (χ3v) is 5.17. The fraction of sp³-hybridized carbons (Fsp3) is 0.167. The van der Waals surface area contributed by atoms with Gasteiger partial charge in [-0.15, -0.1) is 0 Å². The first-order chi connectivity index (χ1) is 12.4. The molecule has 0 saturated carbocycles. The second kappa shape index (κ2) is 6.06. The zero-order valence-electron chi connectivity index (χ0n) is 13.7. The minimum Gasteiger partial charge on any atom is -0.486 e. The van der Waals surface area contributed by atoms with Crippen LogP contribution in [-0.4, -0.2) is 21.6 Å². The van der Waals surface area contributed by atoms with Crippen molar-refractivity contribution in [1.29, 1.82) is 0 Å². The van der Waals surface area contributed by atoms with Gasteiger partial charge in [0.1, 0.15) is 29.4 Å². The number of aryl methyl sites for hydroxylation is 1. The predicted molar refractivity (Wildman–Crippen MR) is 92.5 cm³/mol. The molecular formula is C18H14O7S. The monoisotopic (exact) mass is 374 g/mol. The molecular weight excluding hydrogens is 360 g/mol. The van der Waals surface area contributed by atoms with E-state index >= 15 is 0 Å². The largest absolute Gasteiger partial charge is 0.486 e. The lowest BCUT2D eigenvalue weighted by Crippen LogP contribution is -2.16. The van der Waals surface area contributed by atoms with E-state index in [1.165, 1.54) is 36.4 Å². The molecule has 2 heterocycles. The van der Waals surface area contributed by atoms with Crippen LogP contribution in [0.15, 0.2) is 56.6 Å². The summed E-state index contributed by atoms with van der Waals surface area (Å²) in [5.74, 6) is 0.875. The van der Waals surface area contributed by atoms with Gasteiger partial charge in [-0.3, -0.25) is 0 Å². The SMILES string of the molecule is Cc1cc(=O)oc2cc(OS(=O)(=O)c3ccc4c(c3)OCCO4)ccc12. The van der Waals surface area contributed by atoms with Gasteiger partial charge in [-0.2, -0.15) is 8.42 Å². The average molecular weight is 374 g/mol. The quantitative estimate of drug-likeness (QED) is 0.514. The summed E-state index contributed by atoms with van der Waals surface area (Å²) in [4.78, 5) is 11.4. The number of ether oxygens (including phenoxy) is 2. The lowest BCUT2D eigenvalue weighted by atomic mass is 10.1. The Morgan fingerprint density at radius 1 is 0.962 bits per heavy atom. The van der Waals surface area contributed by atoms with E-state index in [0.29, 0.717) is 30.1 Å². The molecule has 4 rings (SSSR count). The Morgan fingerprint density at radius 3 is 2.54 bits per heavy atom. The maximum Gasteiger partial charge on any atom is 0.339 e. The van der Waals surface area contributed by atoms with Gasteiger partial charge in [0.15, 0.2) is 11.5 Å². The highest BCUT2D eigenvalue weighted by atomic mass is 32.2. The molecule has 26 heavy (non-hydrogen) atoms. The maximum absolute atomic E-state index is 12.5. The molecule has 0 radical (unpaired) electrons. The molecule has 0 amide bonds. The van der Waals surface area contributed by atoms with Gasteiger partial charge in [-0.25, -0.2) is 4.79 Å². The van der Waals surface area contributed by atoms with Gasteiger partial charge >= 0.3 is 15.7 Å². The predicted octanol–water partition coefficient (Wildman–Crippen LogP) is 2.64. The molecule has 0 fully saturated rings. The van der Waals surface area contributed by atoms with Crippen molar-refractivity contribution in [2.45, 2.75) is 11.8 Å². The van der Waals surface area contributed by atoms with Crippen molar-refractivity contribution < 1.29 is 26.5 Å². The van der Waals surface area contributed by atoms with Crippen LogP contribution in [0.4, 0.5) is 0 Å². The molecule has 8 heteroatoms. The number of hydrogen-bond donors (Lipinski definition) is 0. The molecule has 0 aliphatic carbocycles. The molecule has 134 valence electrons. The standard InChI is InChI=1S/C18H14O7S/c1-11-8-18(19)24-16-9-12(2-4-14(11)16)25-26(20,21)13-3-5-15-17(10-13)23-7-6-22-15/h2-5,8-10H,6-7H2,1H3. The van der Waals surface area contributed by atoms with E-state index in [9.17, 15) is 13.2 Å². The van der Waals surface area contributed by atoms with Gasteiger partial charge in [0.2, 0.25) is 0 Å². The number of fused-ring (bicyclic) bond motifs is 2. The third kappa shape index (κ3) is 2.99. The van der Waals surface area contributed by atoms with E-state index in [2.05, 4.69) is 0 Å². The lowest BCUT2D eigenvalue weighted by molar-refractivity contribution is 0.171. The summed E-state index contributed by atoms with van der Waals surface area (Å²) in [5.41, 5.74) is 0.476. The van der Waals surface area contributed by atoms with E-state index in [-0.39, 0.29) is 16.2 Å². The summed E-state index contributed by atoms with van der Waals surface area (Å²) in [6, 6.07) is 10.2. The summed E-state index contributed by atoms with van der Waals surface area (Å²) >= 11 is 0. The Balaban J connectivity index is 1.69. The average Bonchev–Trinajstić information content (AvgIpc) is 2.60. The summed E-state index contributed by atoms with van der Waals surface area (Å²) in [5, 5.41) is 0.702. The summed E-state index contributed by atoms with van der Waals surface area (Å²) in [7, 11) is -4.09. The summed E-state index contributed by atoms with van der Waals surface area (Å²) < 4.78 is 46.2. The number of benzene rings is 2. The Labute approximate surface area is 148 Å². The molecule has 0 atom stereocenters. The first kappa shape index (κ1) is 16.5. The molecule has 0 N–H and O–H groups in total. The Hall–Kier alpha value is -3.00. The van der Waals surface area contributed by atoms with Crippen LogP contribution in [0.1, 0.15) is 5.56 Å². The molecule has 1 aliphatic heterocycles. The van der Waals surface area contributed by atoms with Crippen LogP contribution in [-0.2, 0) is 10.1 Å². The van der Waals surface area contributed by atoms with Crippen molar-refractivity contribution in [3.05, 3.63) is 58.4 Å². The van der Waals surface area contributed by atoms with Gasteiger partial charge in [-0.05, 0) is 36.8 Å². The van der Waals surface area contributed by atoms with Gasteiger partial charge < -0.3 is 18.1 Å². The highest BCUT2D eigenvalue weighted by molar-refractivity contribution is 7.87. The van der Waals surface area contributed by atoms with Crippen LogP contribution < -0.4 is 19.3 Å². The van der Waals surface area contributed by atoms with Crippen LogP contribution in [0.3, 0.4) is 0 Å². The fourth-order valence-corrected chi connectivity index (χ4v) is 3.65. The fourth-order valence-electron chi connectivity index (χ4n) is 2.71. The number of hydrogen-bond acceptors (Lipinski definition) is 7. The van der Waals surface area contributed by atoms with Crippen LogP contribution in [0.25, 0.3) is 11.0 Å². The van der Waals surface area contributed by atoms with E-state index in [1.807, 2.05) is 0 Å². The van der Waals surface area contributed by atoms with E-state index < -0.39 is 15.7 Å². The molecule has 0 bridgehead atoms. The molecule has 2 aromatic carbocycles. The lowest BCUT2D eigenvalue weighted by Gasteiger charge is -2.18. The number of rotatable bonds is 3. The first-order valence-corrected chi connectivity index (χ1v) is 9.22. The van der Waals surface area contributed by atoms with Crippen LogP contribution in [0.5, 0.6) is 17.2 Å². The van der Waals surface area contributed by atoms with E-state index in [4.69, 9.17) is 18.1 Å². The van der Waals surface area contributed by atoms with Crippen molar-refractivity contribution in [3.8, 4) is 17.2 Å². The zero-order chi connectivity index (χ0) is 18.3. The smallest absolute Gasteiger partial charge is 0.339 e. The van der Waals surface area contributed by atoms with Gasteiger partial charge in [-0.1, -0.05) is 0 Å². The van der Waals surface area contributed by atoms with Gasteiger partial charge in [0.25, 0.3) is 0 Å². The van der Waals surface area contributed by atoms with E-state index in [0.717, 1.165) is 5.56 Å². The maximum atomic E-state index is 12.5. The van der Waals surface area contributed by atoms with Crippen LogP contribution in [0, 0.1) is 6.92 Å². The highest BCUT2D eigenvalue weighted by Crippen LogP contribution is 2.33. The molecule has 0 saturated heterocycles. The van der Waals surface area contributed by atoms with Crippen LogP contribution >= 0.6 is 0 Å². The molecule has 1 aromatic heterocycles. The minimum atomic E-state index is -4.09. The van der Waals surface area contributed by atoms with Gasteiger partial charge in [0.05, 0.1) is 0 Å². The molecule has 1 aliphatic rings. The zero-order valence-corrected chi connectivity index (χ0v) is 14.5. The summed E-state index contributed by atoms with van der Waals surface area (Å²) in [6.45, 7) is 2.53. The van der Waals surface area contributed by atoms with Crippen molar-refractivity contribution >= 4 is 21.1 Å². The Kier molecular flexibility index (Phi) is 3.84. The molecule has 7 nitrogen and oxygen atoms in total. The molecule has 0 spiro atoms. The van der Waals surface area contributed by atoms with Crippen molar-refractivity contribution in [1.82, 2.24) is 0 Å². The first-order valence-electron chi connectivity index (χ1n) is 7.81. The second-order valence-corrected chi connectivity index (χ2v) is 7.30. The van der Waals surface area contributed by atoms with Crippen LogP contribution in [0.2, 0.25) is 0 Å². The van der Waals surface area contributed by atoms with E-state index in [1.54, 1.807) is 13.0 Å². The van der Waals surface area contributed by atoms with Gasteiger partial charge in [0, 0.05) is 23.6 Å². The van der Waals surface area contributed by atoms with Crippen molar-refractivity contribution in [2.75, 3.05) is 13.2 Å². The van der Waals surface area contributed by atoms with Crippen molar-refractivity contribution in [3.63, 3.8) is 0 Å². The second-order valence-electron chi connectivity index (χ2n) is 5.75. The normalized spacial score (nSPS) is 13.6. The Bertz CT molecular complexity index is 1160. The Morgan fingerprint density at radius 2 is 1.73 bits per heavy atom. The third-order valence-electron chi connectivity index (χ3n) is 3.93. The minimum absolute atomic E-state index is 0.0427. The van der Waals surface area contributed by atoms with Crippen molar-refractivity contribution in [2.24, 2.45) is 0 Å².